The van der Waals surface area contributed by atoms with Gasteiger partial charge in [-0.05, 0) is 30.2 Å². The number of fused-ring (bicyclic) bond motifs is 1. The number of alkyl halides is 1. The highest BCUT2D eigenvalue weighted by Crippen LogP contribution is 2.18. The van der Waals surface area contributed by atoms with Gasteiger partial charge < -0.3 is 0 Å². The van der Waals surface area contributed by atoms with Crippen molar-refractivity contribution in [3.05, 3.63) is 80.1 Å². The molecule has 8 heteroatoms. The van der Waals surface area contributed by atoms with Crippen LogP contribution in [-0.2, 0) is 18.8 Å². The number of rotatable bonds is 5. The standard InChI is InChI=1S/C17H13ClFN3O3/c18-10-16-20-15-9-13(22(24)25)5-6-14(15)17(23)21(16)8-7-11-1-3-12(19)4-2-11/h1-6,9H,7-8,10H2. The average molecular weight is 362 g/mol. The maximum Gasteiger partial charge on any atom is 0.271 e. The number of halogens is 2. The van der Waals surface area contributed by atoms with E-state index in [1.165, 1.54) is 34.9 Å². The fourth-order valence-corrected chi connectivity index (χ4v) is 2.80. The predicted octanol–water partition coefficient (Wildman–Crippen LogP) is 3.43. The van der Waals surface area contributed by atoms with E-state index in [2.05, 4.69) is 4.98 Å². The quantitative estimate of drug-likeness (QED) is 0.396. The van der Waals surface area contributed by atoms with E-state index in [1.807, 2.05) is 0 Å². The van der Waals surface area contributed by atoms with Crippen LogP contribution >= 0.6 is 11.6 Å². The summed E-state index contributed by atoms with van der Waals surface area (Å²) in [5.41, 5.74) is 0.673. The van der Waals surface area contributed by atoms with E-state index in [-0.39, 0.29) is 28.5 Å². The molecule has 6 nitrogen and oxygen atoms in total. The van der Waals surface area contributed by atoms with Crippen LogP contribution in [0.15, 0.2) is 47.3 Å². The summed E-state index contributed by atoms with van der Waals surface area (Å²) < 4.78 is 14.4. The summed E-state index contributed by atoms with van der Waals surface area (Å²) in [6, 6.07) is 9.95. The molecule has 0 saturated heterocycles. The van der Waals surface area contributed by atoms with Gasteiger partial charge in [-0.3, -0.25) is 19.5 Å². The van der Waals surface area contributed by atoms with Crippen molar-refractivity contribution in [2.75, 3.05) is 0 Å². The molecule has 0 atom stereocenters. The first kappa shape index (κ1) is 17.0. The third kappa shape index (κ3) is 3.51. The fraction of sp³-hybridized carbons (Fsp3) is 0.176. The number of benzene rings is 2. The summed E-state index contributed by atoms with van der Waals surface area (Å²) in [6.45, 7) is 0.326. The van der Waals surface area contributed by atoms with E-state index >= 15 is 0 Å². The van der Waals surface area contributed by atoms with Crippen LogP contribution in [-0.4, -0.2) is 14.5 Å². The summed E-state index contributed by atoms with van der Waals surface area (Å²) in [5.74, 6) is 0.00945. The summed E-state index contributed by atoms with van der Waals surface area (Å²) in [5, 5.41) is 11.2. The number of nitro groups is 1. The number of non-ortho nitro benzene ring substituents is 1. The van der Waals surface area contributed by atoms with E-state index in [9.17, 15) is 19.3 Å². The van der Waals surface area contributed by atoms with Gasteiger partial charge in [-0.25, -0.2) is 9.37 Å². The summed E-state index contributed by atoms with van der Waals surface area (Å²) in [6.07, 6.45) is 0.504. The van der Waals surface area contributed by atoms with Gasteiger partial charge in [0.05, 0.1) is 21.7 Å². The Labute approximate surface area is 146 Å². The molecule has 3 rings (SSSR count). The van der Waals surface area contributed by atoms with Crippen LogP contribution < -0.4 is 5.56 Å². The zero-order chi connectivity index (χ0) is 18.0. The number of hydrogen-bond acceptors (Lipinski definition) is 4. The van der Waals surface area contributed by atoms with Gasteiger partial charge in [-0.2, -0.15) is 0 Å². The molecular formula is C17H13ClFN3O3. The normalized spacial score (nSPS) is 11.0. The number of nitro benzene ring substituents is 1. The minimum absolute atomic E-state index is 0.00269. The van der Waals surface area contributed by atoms with Gasteiger partial charge in [0.2, 0.25) is 0 Å². The van der Waals surface area contributed by atoms with Gasteiger partial charge in [-0.1, -0.05) is 12.1 Å². The molecule has 0 radical (unpaired) electrons. The largest absolute Gasteiger partial charge is 0.295 e. The van der Waals surface area contributed by atoms with Crippen molar-refractivity contribution in [2.24, 2.45) is 0 Å². The third-order valence-electron chi connectivity index (χ3n) is 3.89. The summed E-state index contributed by atoms with van der Waals surface area (Å²) >= 11 is 5.90. The molecule has 3 aromatic rings. The van der Waals surface area contributed by atoms with Gasteiger partial charge in [-0.15, -0.1) is 11.6 Å². The summed E-state index contributed by atoms with van der Waals surface area (Å²) in [4.78, 5) is 27.3. The second-order valence-electron chi connectivity index (χ2n) is 5.45. The van der Waals surface area contributed by atoms with Gasteiger partial charge >= 0.3 is 0 Å². The molecule has 0 aliphatic rings. The molecule has 1 aromatic heterocycles. The second-order valence-corrected chi connectivity index (χ2v) is 5.72. The van der Waals surface area contributed by atoms with Crippen LogP contribution in [0.25, 0.3) is 10.9 Å². The first-order valence-corrected chi connectivity index (χ1v) is 8.01. The fourth-order valence-electron chi connectivity index (χ4n) is 2.59. The first-order chi connectivity index (χ1) is 12.0. The Kier molecular flexibility index (Phi) is 4.76. The minimum atomic E-state index is -0.540. The smallest absolute Gasteiger partial charge is 0.271 e. The monoisotopic (exact) mass is 361 g/mol. The van der Waals surface area contributed by atoms with Crippen molar-refractivity contribution in [1.82, 2.24) is 9.55 Å². The topological polar surface area (TPSA) is 78.0 Å². The van der Waals surface area contributed by atoms with Crippen LogP contribution in [0.5, 0.6) is 0 Å². The van der Waals surface area contributed by atoms with Crippen LogP contribution in [0.3, 0.4) is 0 Å². The SMILES string of the molecule is O=c1c2ccc([N+](=O)[O-])cc2nc(CCl)n1CCc1ccc(F)cc1. The van der Waals surface area contributed by atoms with Crippen LogP contribution in [0, 0.1) is 15.9 Å². The maximum atomic E-state index is 13.0. The van der Waals surface area contributed by atoms with E-state index < -0.39 is 4.92 Å². The molecule has 2 aromatic carbocycles. The molecule has 0 spiro atoms. The van der Waals surface area contributed by atoms with E-state index in [0.717, 1.165) is 5.56 Å². The summed E-state index contributed by atoms with van der Waals surface area (Å²) in [7, 11) is 0. The molecule has 1 heterocycles. The number of aryl methyl sites for hydroxylation is 1. The highest BCUT2D eigenvalue weighted by molar-refractivity contribution is 6.16. The van der Waals surface area contributed by atoms with Gasteiger partial charge in [0, 0.05) is 18.7 Å². The molecular weight excluding hydrogens is 349 g/mol. The van der Waals surface area contributed by atoms with Gasteiger partial charge in [0.25, 0.3) is 11.2 Å². The van der Waals surface area contributed by atoms with E-state index in [1.54, 1.807) is 12.1 Å². The highest BCUT2D eigenvalue weighted by atomic mass is 35.5. The zero-order valence-electron chi connectivity index (χ0n) is 13.0. The van der Waals surface area contributed by atoms with Crippen molar-refractivity contribution >= 4 is 28.2 Å². The van der Waals surface area contributed by atoms with Crippen LogP contribution in [0.2, 0.25) is 0 Å². The van der Waals surface area contributed by atoms with Crippen LogP contribution in [0.4, 0.5) is 10.1 Å². The molecule has 0 unspecified atom stereocenters. The molecule has 0 saturated carbocycles. The average Bonchev–Trinajstić information content (AvgIpc) is 2.61. The van der Waals surface area contributed by atoms with Crippen molar-refractivity contribution in [3.63, 3.8) is 0 Å². The van der Waals surface area contributed by atoms with Gasteiger partial charge in [0.1, 0.15) is 11.6 Å². The highest BCUT2D eigenvalue weighted by Gasteiger charge is 2.14. The van der Waals surface area contributed by atoms with E-state index in [0.29, 0.717) is 24.2 Å². The molecule has 0 bridgehead atoms. The number of nitrogens with zero attached hydrogens (tertiary/aromatic N) is 3. The zero-order valence-corrected chi connectivity index (χ0v) is 13.7. The van der Waals surface area contributed by atoms with Crippen molar-refractivity contribution in [1.29, 1.82) is 0 Å². The minimum Gasteiger partial charge on any atom is -0.295 e. The van der Waals surface area contributed by atoms with Gasteiger partial charge in [0.15, 0.2) is 0 Å². The second kappa shape index (κ2) is 6.98. The Morgan fingerprint density at radius 2 is 1.92 bits per heavy atom. The van der Waals surface area contributed by atoms with Crippen LogP contribution in [0.1, 0.15) is 11.4 Å². The molecule has 0 aliphatic carbocycles. The first-order valence-electron chi connectivity index (χ1n) is 7.48. The van der Waals surface area contributed by atoms with Crippen molar-refractivity contribution in [2.45, 2.75) is 18.8 Å². The Morgan fingerprint density at radius 1 is 1.20 bits per heavy atom. The lowest BCUT2D eigenvalue weighted by Gasteiger charge is -2.12. The predicted molar refractivity (Wildman–Crippen MR) is 92.3 cm³/mol. The maximum absolute atomic E-state index is 13.0. The molecule has 25 heavy (non-hydrogen) atoms. The lowest BCUT2D eigenvalue weighted by atomic mass is 10.1. The Balaban J connectivity index is 2.00. The molecule has 0 aliphatic heterocycles. The lowest BCUT2D eigenvalue weighted by molar-refractivity contribution is -0.384. The molecule has 0 amide bonds. The number of hydrogen-bond donors (Lipinski definition) is 0. The lowest BCUT2D eigenvalue weighted by Crippen LogP contribution is -2.26. The Hall–Kier alpha value is -2.80. The van der Waals surface area contributed by atoms with Crippen molar-refractivity contribution in [3.8, 4) is 0 Å². The van der Waals surface area contributed by atoms with Crippen molar-refractivity contribution < 1.29 is 9.31 Å². The molecule has 0 fully saturated rings. The molecule has 0 N–H and O–H groups in total. The Bertz CT molecular complexity index is 1000. The third-order valence-corrected chi connectivity index (χ3v) is 4.12. The Morgan fingerprint density at radius 3 is 2.56 bits per heavy atom. The van der Waals surface area contributed by atoms with E-state index in [4.69, 9.17) is 11.6 Å². The molecule has 128 valence electrons. The number of aromatic nitrogens is 2.